The summed E-state index contributed by atoms with van der Waals surface area (Å²) in [6, 6.07) is 0. The van der Waals surface area contributed by atoms with Crippen LogP contribution < -0.4 is 0 Å². The molecule has 332 valence electrons. The maximum absolute atomic E-state index is 12.7. The van der Waals surface area contributed by atoms with Gasteiger partial charge in [0.1, 0.15) is 13.2 Å². The van der Waals surface area contributed by atoms with E-state index in [1.807, 2.05) is 0 Å². The van der Waals surface area contributed by atoms with Gasteiger partial charge in [-0.3, -0.25) is 14.4 Å². The molecule has 0 rings (SSSR count). The largest absolute Gasteiger partial charge is 0.462 e. The van der Waals surface area contributed by atoms with E-state index >= 15 is 0 Å². The Kier molecular flexibility index (Phi) is 43.2. The summed E-state index contributed by atoms with van der Waals surface area (Å²) in [6.45, 7) is 9.01. The van der Waals surface area contributed by atoms with Gasteiger partial charge in [0, 0.05) is 19.3 Å². The van der Waals surface area contributed by atoms with Crippen LogP contribution in [0.4, 0.5) is 0 Å². The zero-order chi connectivity index (χ0) is 41.0. The highest BCUT2D eigenvalue weighted by Crippen LogP contribution is 2.17. The van der Waals surface area contributed by atoms with E-state index in [1.165, 1.54) is 173 Å². The van der Waals surface area contributed by atoms with Crippen molar-refractivity contribution in [2.24, 2.45) is 5.92 Å². The molecule has 6 heteroatoms. The first-order valence-electron chi connectivity index (χ1n) is 24.9. The summed E-state index contributed by atoms with van der Waals surface area (Å²) in [5.41, 5.74) is 0. The lowest BCUT2D eigenvalue weighted by Gasteiger charge is -2.18. The van der Waals surface area contributed by atoms with Crippen molar-refractivity contribution in [1.82, 2.24) is 0 Å². The van der Waals surface area contributed by atoms with Crippen molar-refractivity contribution in [3.8, 4) is 0 Å². The molecule has 0 saturated carbocycles. The fraction of sp³-hybridized carbons (Fsp3) is 0.940. The molecule has 0 heterocycles. The van der Waals surface area contributed by atoms with Crippen molar-refractivity contribution in [3.63, 3.8) is 0 Å². The summed E-state index contributed by atoms with van der Waals surface area (Å²) in [5.74, 6) is -0.0208. The summed E-state index contributed by atoms with van der Waals surface area (Å²) < 4.78 is 16.8. The lowest BCUT2D eigenvalue weighted by Crippen LogP contribution is -2.30. The first kappa shape index (κ1) is 54.4. The molecule has 0 amide bonds. The Bertz CT molecular complexity index is 841. The van der Waals surface area contributed by atoms with Crippen LogP contribution in [0, 0.1) is 5.92 Å². The predicted molar refractivity (Wildman–Crippen MR) is 238 cm³/mol. The van der Waals surface area contributed by atoms with E-state index in [0.717, 1.165) is 63.7 Å². The Hall–Kier alpha value is -1.59. The van der Waals surface area contributed by atoms with Crippen LogP contribution in [-0.2, 0) is 28.6 Å². The number of carbonyl (C=O) groups is 3. The molecule has 0 aliphatic heterocycles. The van der Waals surface area contributed by atoms with Crippen molar-refractivity contribution in [2.45, 2.75) is 284 Å². The van der Waals surface area contributed by atoms with Crippen LogP contribution in [-0.4, -0.2) is 37.2 Å². The molecule has 0 aliphatic carbocycles. The van der Waals surface area contributed by atoms with E-state index in [9.17, 15) is 14.4 Å². The SMILES string of the molecule is CCCCCCCCCCCCCCCC(=O)OC[C@@H](COC(=O)CCCCCCCCCCCCCC(C)C)OC(=O)CCCCCCCCCCCCC. The van der Waals surface area contributed by atoms with Crippen LogP contribution >= 0.6 is 0 Å². The maximum atomic E-state index is 12.7. The standard InChI is InChI=1S/C50H96O6/c1-5-7-9-11-13-15-17-18-22-25-29-33-37-41-48(51)54-44-47(56-50(53)43-39-35-31-27-20-16-14-12-10-8-6-2)45-55-49(52)42-38-34-30-26-23-19-21-24-28-32-36-40-46(3)4/h46-47H,5-45H2,1-4H3/t47-/m0/s1. The third-order valence-electron chi connectivity index (χ3n) is 11.3. The second-order valence-corrected chi connectivity index (χ2v) is 17.6. The Labute approximate surface area is 348 Å². The first-order valence-corrected chi connectivity index (χ1v) is 24.9. The van der Waals surface area contributed by atoms with Gasteiger partial charge >= 0.3 is 17.9 Å². The number of carbonyl (C=O) groups excluding carboxylic acids is 3. The fourth-order valence-electron chi connectivity index (χ4n) is 7.51. The molecular weight excluding hydrogens is 697 g/mol. The molecule has 0 spiro atoms. The van der Waals surface area contributed by atoms with Gasteiger partial charge in [-0.15, -0.1) is 0 Å². The minimum Gasteiger partial charge on any atom is -0.462 e. The molecule has 0 unspecified atom stereocenters. The van der Waals surface area contributed by atoms with Crippen molar-refractivity contribution >= 4 is 17.9 Å². The summed E-state index contributed by atoms with van der Waals surface area (Å²) >= 11 is 0. The molecule has 0 N–H and O–H groups in total. The molecule has 0 aliphatic rings. The minimum atomic E-state index is -0.759. The Balaban J connectivity index is 4.30. The number of unbranched alkanes of at least 4 members (excludes halogenated alkanes) is 32. The topological polar surface area (TPSA) is 78.9 Å². The third-order valence-corrected chi connectivity index (χ3v) is 11.3. The second kappa shape index (κ2) is 44.5. The van der Waals surface area contributed by atoms with Gasteiger partial charge in [0.2, 0.25) is 0 Å². The van der Waals surface area contributed by atoms with Crippen LogP contribution in [0.1, 0.15) is 278 Å². The van der Waals surface area contributed by atoms with E-state index in [-0.39, 0.29) is 31.1 Å². The molecule has 1 atom stereocenters. The summed E-state index contributed by atoms with van der Waals surface area (Å²) in [7, 11) is 0. The monoisotopic (exact) mass is 793 g/mol. The van der Waals surface area contributed by atoms with Crippen LogP contribution in [0.3, 0.4) is 0 Å². The quantitative estimate of drug-likeness (QED) is 0.0347. The predicted octanol–water partition coefficient (Wildman–Crippen LogP) is 15.9. The second-order valence-electron chi connectivity index (χ2n) is 17.6. The molecular formula is C50H96O6. The van der Waals surface area contributed by atoms with E-state index in [0.29, 0.717) is 19.3 Å². The molecule has 0 aromatic carbocycles. The van der Waals surface area contributed by atoms with Gasteiger partial charge in [-0.05, 0) is 25.2 Å². The molecule has 0 radical (unpaired) electrons. The zero-order valence-electron chi connectivity index (χ0n) is 38.1. The number of hydrogen-bond acceptors (Lipinski definition) is 6. The van der Waals surface area contributed by atoms with Gasteiger partial charge in [0.25, 0.3) is 0 Å². The molecule has 56 heavy (non-hydrogen) atoms. The van der Waals surface area contributed by atoms with Gasteiger partial charge in [0.05, 0.1) is 0 Å². The van der Waals surface area contributed by atoms with E-state index < -0.39 is 6.10 Å². The Morgan fingerprint density at radius 1 is 0.339 bits per heavy atom. The van der Waals surface area contributed by atoms with Gasteiger partial charge < -0.3 is 14.2 Å². The van der Waals surface area contributed by atoms with Gasteiger partial charge in [-0.1, -0.05) is 240 Å². The maximum Gasteiger partial charge on any atom is 0.306 e. The average Bonchev–Trinajstić information content (AvgIpc) is 3.18. The smallest absolute Gasteiger partial charge is 0.306 e. The van der Waals surface area contributed by atoms with Crippen LogP contribution in [0.5, 0.6) is 0 Å². The summed E-state index contributed by atoms with van der Waals surface area (Å²) in [5, 5.41) is 0. The highest BCUT2D eigenvalue weighted by molar-refractivity contribution is 5.71. The van der Waals surface area contributed by atoms with Crippen LogP contribution in [0.15, 0.2) is 0 Å². The molecule has 6 nitrogen and oxygen atoms in total. The number of hydrogen-bond donors (Lipinski definition) is 0. The van der Waals surface area contributed by atoms with Crippen LogP contribution in [0.2, 0.25) is 0 Å². The highest BCUT2D eigenvalue weighted by Gasteiger charge is 2.19. The molecule has 0 aromatic rings. The highest BCUT2D eigenvalue weighted by atomic mass is 16.6. The van der Waals surface area contributed by atoms with E-state index in [1.54, 1.807) is 0 Å². The average molecular weight is 793 g/mol. The van der Waals surface area contributed by atoms with Crippen molar-refractivity contribution in [2.75, 3.05) is 13.2 Å². The zero-order valence-corrected chi connectivity index (χ0v) is 38.1. The first-order chi connectivity index (χ1) is 27.4. The normalized spacial score (nSPS) is 11.9. The van der Waals surface area contributed by atoms with Crippen molar-refractivity contribution < 1.29 is 28.6 Å². The van der Waals surface area contributed by atoms with Gasteiger partial charge in [-0.2, -0.15) is 0 Å². The summed E-state index contributed by atoms with van der Waals surface area (Å²) in [6.07, 6.45) is 45.1. The fourth-order valence-corrected chi connectivity index (χ4v) is 7.51. The Morgan fingerprint density at radius 2 is 0.589 bits per heavy atom. The van der Waals surface area contributed by atoms with Crippen molar-refractivity contribution in [1.29, 1.82) is 0 Å². The molecule has 0 fully saturated rings. The Morgan fingerprint density at radius 3 is 0.875 bits per heavy atom. The molecule has 0 saturated heterocycles. The summed E-state index contributed by atoms with van der Waals surface area (Å²) in [4.78, 5) is 37.8. The molecule has 0 bridgehead atoms. The number of rotatable bonds is 45. The minimum absolute atomic E-state index is 0.0630. The lowest BCUT2D eigenvalue weighted by molar-refractivity contribution is -0.167. The van der Waals surface area contributed by atoms with Crippen LogP contribution in [0.25, 0.3) is 0 Å². The van der Waals surface area contributed by atoms with Gasteiger partial charge in [-0.25, -0.2) is 0 Å². The number of ether oxygens (including phenoxy) is 3. The van der Waals surface area contributed by atoms with Crippen molar-refractivity contribution in [3.05, 3.63) is 0 Å². The number of esters is 3. The molecule has 0 aromatic heterocycles. The lowest BCUT2D eigenvalue weighted by atomic mass is 10.0. The van der Waals surface area contributed by atoms with Gasteiger partial charge in [0.15, 0.2) is 6.10 Å². The van der Waals surface area contributed by atoms with E-state index in [4.69, 9.17) is 14.2 Å². The van der Waals surface area contributed by atoms with E-state index in [2.05, 4.69) is 27.7 Å². The third kappa shape index (κ3) is 43.5.